The number of aromatic nitrogens is 1. The number of hydrogen-bond acceptors (Lipinski definition) is 8. The van der Waals surface area contributed by atoms with Crippen LogP contribution in [0.25, 0.3) is 0 Å². The number of nitrogens with zero attached hydrogens (tertiary/aromatic N) is 3. The summed E-state index contributed by atoms with van der Waals surface area (Å²) in [6, 6.07) is 6.77. The molecule has 0 saturated carbocycles. The Morgan fingerprint density at radius 3 is 2.45 bits per heavy atom. The van der Waals surface area contributed by atoms with Crippen LogP contribution in [-0.4, -0.2) is 78.4 Å². The normalized spacial score (nSPS) is 13.8. The van der Waals surface area contributed by atoms with Crippen LogP contribution in [0, 0.1) is 11.8 Å². The van der Waals surface area contributed by atoms with E-state index in [2.05, 4.69) is 10.3 Å². The first kappa shape index (κ1) is 29.1. The van der Waals surface area contributed by atoms with E-state index >= 15 is 0 Å². The molecule has 1 fully saturated rings. The predicted molar refractivity (Wildman–Crippen MR) is 144 cm³/mol. The number of nitrogens with one attached hydrogen (secondary N) is 1. The Morgan fingerprint density at radius 1 is 1.16 bits per heavy atom. The first-order valence-corrected chi connectivity index (χ1v) is 13.7. The highest BCUT2D eigenvalue weighted by Crippen LogP contribution is 2.21. The fraction of sp³-hybridized carbons (Fsp3) is 0.519. The molecule has 1 aromatic carbocycles. The van der Waals surface area contributed by atoms with Gasteiger partial charge in [-0.1, -0.05) is 13.8 Å². The summed E-state index contributed by atoms with van der Waals surface area (Å²) in [6.45, 7) is 7.41. The number of rotatable bonds is 11. The maximum Gasteiger partial charge on any atom is 0.309 e. The predicted octanol–water partition coefficient (Wildman–Crippen LogP) is 3.23. The highest BCUT2D eigenvalue weighted by Gasteiger charge is 2.28. The number of thiazole rings is 1. The van der Waals surface area contributed by atoms with Gasteiger partial charge in [0, 0.05) is 30.6 Å². The SMILES string of the molecule is CCOC(=O)C1CCN(C(=O)Cc2csc(NC(=O)CN(CC(C)C)C(=O)c3ccc(OC)cc3)n2)CC1. The molecule has 0 radical (unpaired) electrons. The number of methoxy groups -OCH3 is 1. The summed E-state index contributed by atoms with van der Waals surface area (Å²) >= 11 is 1.23. The van der Waals surface area contributed by atoms with E-state index in [4.69, 9.17) is 9.47 Å². The second-order valence-corrected chi connectivity index (χ2v) is 10.4. The number of carbonyl (C=O) groups excluding carboxylic acids is 4. The number of amides is 3. The molecule has 1 saturated heterocycles. The van der Waals surface area contributed by atoms with Crippen molar-refractivity contribution in [2.45, 2.75) is 40.0 Å². The Kier molecular flexibility index (Phi) is 10.6. The zero-order valence-corrected chi connectivity index (χ0v) is 23.2. The number of carbonyl (C=O) groups is 4. The van der Waals surface area contributed by atoms with Gasteiger partial charge in [-0.05, 0) is 49.9 Å². The standard InChI is InChI=1S/C27H36N4O6S/c1-5-37-26(35)20-10-12-30(13-11-20)24(33)14-21-17-38-27(28-21)29-23(32)16-31(15-18(2)3)25(34)19-6-8-22(36-4)9-7-19/h6-9,17-18,20H,5,10-16H2,1-4H3,(H,28,29,32). The number of likely N-dealkylation sites (tertiary alicyclic amines) is 1. The van der Waals surface area contributed by atoms with Crippen LogP contribution < -0.4 is 10.1 Å². The Bertz CT molecular complexity index is 1110. The Morgan fingerprint density at radius 2 is 1.84 bits per heavy atom. The third kappa shape index (κ3) is 8.27. The van der Waals surface area contributed by atoms with Gasteiger partial charge in [0.1, 0.15) is 12.3 Å². The molecule has 38 heavy (non-hydrogen) atoms. The number of hydrogen-bond donors (Lipinski definition) is 1. The van der Waals surface area contributed by atoms with E-state index in [9.17, 15) is 19.2 Å². The topological polar surface area (TPSA) is 118 Å². The molecule has 2 heterocycles. The zero-order chi connectivity index (χ0) is 27.7. The third-order valence-corrected chi connectivity index (χ3v) is 6.95. The average molecular weight is 545 g/mol. The minimum absolute atomic E-state index is 0.0660. The second-order valence-electron chi connectivity index (χ2n) is 9.58. The number of ether oxygens (including phenoxy) is 2. The van der Waals surface area contributed by atoms with E-state index in [-0.39, 0.29) is 48.5 Å². The van der Waals surface area contributed by atoms with Crippen molar-refractivity contribution in [1.82, 2.24) is 14.8 Å². The second kappa shape index (κ2) is 13.9. The molecule has 3 amide bonds. The summed E-state index contributed by atoms with van der Waals surface area (Å²) in [5.74, 6) is -0.207. The molecule has 1 aliphatic rings. The molecule has 1 aliphatic heterocycles. The smallest absolute Gasteiger partial charge is 0.309 e. The molecule has 0 atom stereocenters. The molecule has 1 aromatic heterocycles. The lowest BCUT2D eigenvalue weighted by Crippen LogP contribution is -2.41. The summed E-state index contributed by atoms with van der Waals surface area (Å²) in [5, 5.41) is 4.87. The number of esters is 1. The van der Waals surface area contributed by atoms with Gasteiger partial charge in [0.2, 0.25) is 11.8 Å². The van der Waals surface area contributed by atoms with Crippen LogP contribution in [0.3, 0.4) is 0 Å². The van der Waals surface area contributed by atoms with Crippen molar-refractivity contribution < 1.29 is 28.7 Å². The van der Waals surface area contributed by atoms with Crippen molar-refractivity contribution in [1.29, 1.82) is 0 Å². The molecule has 10 nitrogen and oxygen atoms in total. The van der Waals surface area contributed by atoms with Gasteiger partial charge in [-0.25, -0.2) is 4.98 Å². The van der Waals surface area contributed by atoms with Gasteiger partial charge in [0.15, 0.2) is 5.13 Å². The molecule has 0 aliphatic carbocycles. The van der Waals surface area contributed by atoms with Crippen molar-refractivity contribution in [2.75, 3.05) is 45.2 Å². The van der Waals surface area contributed by atoms with Gasteiger partial charge in [0.25, 0.3) is 5.91 Å². The summed E-state index contributed by atoms with van der Waals surface area (Å²) in [5.41, 5.74) is 1.04. The van der Waals surface area contributed by atoms with Crippen LogP contribution in [0.1, 0.15) is 49.7 Å². The first-order valence-electron chi connectivity index (χ1n) is 12.8. The molecule has 0 spiro atoms. The van der Waals surface area contributed by atoms with Gasteiger partial charge in [-0.15, -0.1) is 11.3 Å². The summed E-state index contributed by atoms with van der Waals surface area (Å²) in [6.07, 6.45) is 1.29. The Labute approximate surface area is 227 Å². The van der Waals surface area contributed by atoms with Gasteiger partial charge < -0.3 is 24.6 Å². The Hall–Kier alpha value is -3.47. The van der Waals surface area contributed by atoms with E-state index in [1.54, 1.807) is 48.6 Å². The van der Waals surface area contributed by atoms with Crippen LogP contribution in [0.2, 0.25) is 0 Å². The van der Waals surface area contributed by atoms with Crippen molar-refractivity contribution in [3.05, 3.63) is 40.9 Å². The zero-order valence-electron chi connectivity index (χ0n) is 22.4. The van der Waals surface area contributed by atoms with Crippen molar-refractivity contribution in [3.63, 3.8) is 0 Å². The van der Waals surface area contributed by atoms with E-state index in [1.165, 1.54) is 16.2 Å². The quantitative estimate of drug-likeness (QED) is 0.432. The molecule has 1 N–H and O–H groups in total. The molecular weight excluding hydrogens is 508 g/mol. The lowest BCUT2D eigenvalue weighted by Gasteiger charge is -2.30. The van der Waals surface area contributed by atoms with Crippen LogP contribution in [0.5, 0.6) is 5.75 Å². The van der Waals surface area contributed by atoms with Crippen molar-refractivity contribution in [3.8, 4) is 5.75 Å². The fourth-order valence-corrected chi connectivity index (χ4v) is 4.97. The number of benzene rings is 1. The van der Waals surface area contributed by atoms with Gasteiger partial charge in [0.05, 0.1) is 31.7 Å². The average Bonchev–Trinajstić information content (AvgIpc) is 3.34. The first-order chi connectivity index (χ1) is 18.2. The maximum atomic E-state index is 13.1. The lowest BCUT2D eigenvalue weighted by atomic mass is 9.97. The molecular formula is C27H36N4O6S. The minimum atomic E-state index is -0.360. The number of piperidine rings is 1. The van der Waals surface area contributed by atoms with E-state index in [0.717, 1.165) is 0 Å². The third-order valence-electron chi connectivity index (χ3n) is 6.14. The van der Waals surface area contributed by atoms with E-state index in [0.29, 0.717) is 61.2 Å². The number of anilines is 1. The van der Waals surface area contributed by atoms with Crippen LogP contribution >= 0.6 is 11.3 Å². The van der Waals surface area contributed by atoms with Gasteiger partial charge in [-0.2, -0.15) is 0 Å². The molecule has 0 unspecified atom stereocenters. The molecule has 0 bridgehead atoms. The van der Waals surface area contributed by atoms with Crippen LogP contribution in [-0.2, 0) is 25.5 Å². The summed E-state index contributed by atoms with van der Waals surface area (Å²) in [7, 11) is 1.56. The van der Waals surface area contributed by atoms with Crippen molar-refractivity contribution >= 4 is 40.2 Å². The van der Waals surface area contributed by atoms with Gasteiger partial charge >= 0.3 is 5.97 Å². The summed E-state index contributed by atoms with van der Waals surface area (Å²) < 4.78 is 10.2. The monoisotopic (exact) mass is 544 g/mol. The largest absolute Gasteiger partial charge is 0.497 e. The van der Waals surface area contributed by atoms with E-state index in [1.807, 2.05) is 13.8 Å². The van der Waals surface area contributed by atoms with Crippen LogP contribution in [0.4, 0.5) is 5.13 Å². The summed E-state index contributed by atoms with van der Waals surface area (Å²) in [4.78, 5) is 58.1. The Balaban J connectivity index is 1.53. The molecule has 3 rings (SSSR count). The van der Waals surface area contributed by atoms with E-state index < -0.39 is 0 Å². The molecule has 206 valence electrons. The fourth-order valence-electron chi connectivity index (χ4n) is 4.25. The van der Waals surface area contributed by atoms with Crippen molar-refractivity contribution in [2.24, 2.45) is 11.8 Å². The maximum absolute atomic E-state index is 13.1. The minimum Gasteiger partial charge on any atom is -0.497 e. The highest BCUT2D eigenvalue weighted by molar-refractivity contribution is 7.13. The van der Waals surface area contributed by atoms with Crippen LogP contribution in [0.15, 0.2) is 29.6 Å². The molecule has 2 aromatic rings. The lowest BCUT2D eigenvalue weighted by molar-refractivity contribution is -0.151. The highest BCUT2D eigenvalue weighted by atomic mass is 32.1. The van der Waals surface area contributed by atoms with Gasteiger partial charge in [-0.3, -0.25) is 19.2 Å². The molecule has 11 heteroatoms.